The van der Waals surface area contributed by atoms with E-state index in [2.05, 4.69) is 109 Å². The zero-order valence-corrected chi connectivity index (χ0v) is 18.8. The van der Waals surface area contributed by atoms with E-state index in [0.717, 1.165) is 0 Å². The maximum atomic E-state index is 7.04. The van der Waals surface area contributed by atoms with E-state index in [4.69, 9.17) is 22.5 Å². The average molecular weight is 451 g/mol. The lowest BCUT2D eigenvalue weighted by Crippen LogP contribution is -2.29. The molecule has 0 radical (unpaired) electrons. The third-order valence-corrected chi connectivity index (χ3v) is 12.7. The second-order valence-electron chi connectivity index (χ2n) is 7.00. The Kier molecular flexibility index (Phi) is 5.23. The molecule has 0 aromatic heterocycles. The molecule has 1 aliphatic rings. The molecule has 0 heterocycles. The zero-order valence-electron chi connectivity index (χ0n) is 15.5. The van der Waals surface area contributed by atoms with Crippen LogP contribution in [-0.4, -0.2) is 0 Å². The van der Waals surface area contributed by atoms with E-state index in [-0.39, 0.29) is 0 Å². The number of rotatable bonds is 4. The first-order chi connectivity index (χ1) is 14.2. The number of hydrogen-bond donors (Lipinski definition) is 0. The van der Waals surface area contributed by atoms with Crippen LogP contribution >= 0.6 is 37.0 Å². The zero-order chi connectivity index (χ0) is 19.8. The van der Waals surface area contributed by atoms with Crippen LogP contribution in [0.25, 0.3) is 11.1 Å². The van der Waals surface area contributed by atoms with Crippen LogP contribution in [0.15, 0.2) is 109 Å². The Morgan fingerprint density at radius 1 is 0.483 bits per heavy atom. The van der Waals surface area contributed by atoms with Gasteiger partial charge in [-0.15, -0.1) is 0 Å². The lowest BCUT2D eigenvalue weighted by atomic mass is 10.1. The number of benzene rings is 4. The van der Waals surface area contributed by atoms with Crippen molar-refractivity contribution in [2.45, 2.75) is 4.90 Å². The fourth-order valence-electron chi connectivity index (χ4n) is 4.36. The van der Waals surface area contributed by atoms with Gasteiger partial charge < -0.3 is 0 Å². The van der Waals surface area contributed by atoms with Crippen molar-refractivity contribution in [3.05, 3.63) is 120 Å². The molecule has 0 atom stereocenters. The number of hydrogen-bond acceptors (Lipinski definition) is 0. The van der Waals surface area contributed by atoms with Gasteiger partial charge in [0, 0.05) is 0 Å². The van der Waals surface area contributed by atoms with Crippen molar-refractivity contribution in [2.24, 2.45) is 0 Å². The normalized spacial score (nSPS) is 14.1. The first kappa shape index (κ1) is 19.3. The Morgan fingerprint density at radius 2 is 0.862 bits per heavy atom. The van der Waals surface area contributed by atoms with Crippen LogP contribution in [0.5, 0.6) is 0 Å². The first-order valence-corrected chi connectivity index (χ1v) is 14.0. The molecule has 0 saturated heterocycles. The van der Waals surface area contributed by atoms with Gasteiger partial charge in [-0.05, 0) is 40.8 Å². The van der Waals surface area contributed by atoms with Gasteiger partial charge in [0.2, 0.25) is 0 Å². The molecule has 0 saturated carbocycles. The largest absolute Gasteiger partial charge is 0.106 e. The van der Waals surface area contributed by atoms with E-state index >= 15 is 0 Å². The molecule has 4 heteroatoms. The first-order valence-electron chi connectivity index (χ1n) is 9.46. The van der Waals surface area contributed by atoms with Crippen molar-refractivity contribution in [3.63, 3.8) is 0 Å². The van der Waals surface area contributed by atoms with Gasteiger partial charge in [0.25, 0.3) is 0 Å². The molecule has 0 fully saturated rings. The molecule has 0 nitrogen and oxygen atoms in total. The average Bonchev–Trinajstić information content (AvgIpc) is 3.07. The summed E-state index contributed by atoms with van der Waals surface area (Å²) in [5, 5.41) is 2.57. The monoisotopic (exact) mass is 450 g/mol. The van der Waals surface area contributed by atoms with Crippen molar-refractivity contribution in [1.29, 1.82) is 0 Å². The topological polar surface area (TPSA) is 0 Å². The maximum Gasteiger partial charge on any atom is 0.106 e. The summed E-state index contributed by atoms with van der Waals surface area (Å²) in [5.74, 6) is 0. The molecule has 4 aromatic rings. The van der Waals surface area contributed by atoms with Crippen molar-refractivity contribution in [1.82, 2.24) is 0 Å². The van der Waals surface area contributed by atoms with Crippen LogP contribution in [-0.2, 0) is 4.90 Å². The van der Waals surface area contributed by atoms with E-state index in [1.807, 2.05) is 0 Å². The molecule has 5 rings (SSSR count). The van der Waals surface area contributed by atoms with Crippen LogP contribution in [0.4, 0.5) is 0 Å². The fourth-order valence-corrected chi connectivity index (χ4v) is 11.7. The van der Waals surface area contributed by atoms with Gasteiger partial charge in [-0.2, -0.15) is 0 Å². The minimum Gasteiger partial charge on any atom is -0.0763 e. The van der Waals surface area contributed by atoms with E-state index in [1.54, 1.807) is 0 Å². The standard InChI is InChI=1S/C25H18Cl2P2/c26-29(27)25(23-17-9-7-15-21(23)22-16-8-10-18-24(22)25)28(19-11-3-1-4-12-19)20-13-5-2-6-14-20/h1-18H. The van der Waals surface area contributed by atoms with Gasteiger partial charge in [-0.3, -0.25) is 0 Å². The van der Waals surface area contributed by atoms with Crippen LogP contribution in [0.3, 0.4) is 0 Å². The summed E-state index contributed by atoms with van der Waals surface area (Å²) in [5.41, 5.74) is 4.99. The molecule has 29 heavy (non-hydrogen) atoms. The summed E-state index contributed by atoms with van der Waals surface area (Å²) in [4.78, 5) is -0.455. The molecule has 0 N–H and O–H groups in total. The summed E-state index contributed by atoms with van der Waals surface area (Å²) in [6, 6.07) is 38.7. The highest BCUT2D eigenvalue weighted by Gasteiger charge is 2.54. The Morgan fingerprint density at radius 3 is 1.28 bits per heavy atom. The molecule has 0 spiro atoms. The van der Waals surface area contributed by atoms with Gasteiger partial charge in [0.1, 0.15) is 6.63 Å². The molecule has 0 unspecified atom stereocenters. The molecule has 0 bridgehead atoms. The Bertz CT molecular complexity index is 1060. The van der Waals surface area contributed by atoms with Crippen molar-refractivity contribution in [3.8, 4) is 11.1 Å². The van der Waals surface area contributed by atoms with Crippen molar-refractivity contribution < 1.29 is 0 Å². The van der Waals surface area contributed by atoms with E-state index in [1.165, 1.54) is 32.9 Å². The predicted molar refractivity (Wildman–Crippen MR) is 130 cm³/mol. The Hall–Kier alpha value is -1.68. The van der Waals surface area contributed by atoms with Crippen LogP contribution < -0.4 is 10.6 Å². The number of fused-ring (bicyclic) bond motifs is 3. The minimum absolute atomic E-state index is 0.455. The quantitative estimate of drug-likeness (QED) is 0.278. The third kappa shape index (κ3) is 2.98. The molecule has 4 aromatic carbocycles. The lowest BCUT2D eigenvalue weighted by molar-refractivity contribution is 1.11. The van der Waals surface area contributed by atoms with Crippen LogP contribution in [0.2, 0.25) is 0 Å². The number of halogens is 2. The summed E-state index contributed by atoms with van der Waals surface area (Å²) in [6.45, 7) is -1.37. The van der Waals surface area contributed by atoms with E-state index in [0.29, 0.717) is 0 Å². The van der Waals surface area contributed by atoms with Gasteiger partial charge in [0.05, 0.1) is 4.90 Å². The second-order valence-corrected chi connectivity index (χ2v) is 13.4. The lowest BCUT2D eigenvalue weighted by Gasteiger charge is -2.41. The summed E-state index contributed by atoms with van der Waals surface area (Å²) < 4.78 is 0. The third-order valence-electron chi connectivity index (χ3n) is 5.49. The van der Waals surface area contributed by atoms with Gasteiger partial charge in [-0.25, -0.2) is 0 Å². The molecule has 1 aliphatic carbocycles. The van der Waals surface area contributed by atoms with E-state index < -0.39 is 19.4 Å². The van der Waals surface area contributed by atoms with E-state index in [9.17, 15) is 0 Å². The summed E-state index contributed by atoms with van der Waals surface area (Å²) in [7, 11) is -0.884. The fraction of sp³-hybridized carbons (Fsp3) is 0.0400. The highest BCUT2D eigenvalue weighted by atomic mass is 35.9. The Balaban J connectivity index is 1.91. The predicted octanol–water partition coefficient (Wildman–Crippen LogP) is 7.79. The SMILES string of the molecule is ClP(Cl)C1(P(c2ccccc2)c2ccccc2)c2ccccc2-c2ccccc21. The molecule has 0 aliphatic heterocycles. The van der Waals surface area contributed by atoms with Crippen molar-refractivity contribution in [2.75, 3.05) is 0 Å². The van der Waals surface area contributed by atoms with Crippen LogP contribution in [0, 0.1) is 0 Å². The van der Waals surface area contributed by atoms with Gasteiger partial charge in [0.15, 0.2) is 0 Å². The molecule has 0 amide bonds. The van der Waals surface area contributed by atoms with Crippen LogP contribution in [0.1, 0.15) is 11.1 Å². The molecule has 142 valence electrons. The summed E-state index contributed by atoms with van der Waals surface area (Å²) in [6.07, 6.45) is 0. The summed E-state index contributed by atoms with van der Waals surface area (Å²) >= 11 is 14.1. The smallest absolute Gasteiger partial charge is 0.0763 e. The Labute approximate surface area is 183 Å². The highest BCUT2D eigenvalue weighted by Crippen LogP contribution is 2.82. The van der Waals surface area contributed by atoms with Crippen molar-refractivity contribution >= 4 is 47.6 Å². The van der Waals surface area contributed by atoms with Gasteiger partial charge in [-0.1, -0.05) is 132 Å². The maximum absolute atomic E-state index is 7.04. The second kappa shape index (κ2) is 7.86. The molecular formula is C25H18Cl2P2. The molecular weight excluding hydrogens is 433 g/mol. The van der Waals surface area contributed by atoms with Gasteiger partial charge >= 0.3 is 0 Å². The highest BCUT2D eigenvalue weighted by molar-refractivity contribution is 8.10. The minimum atomic E-state index is -1.37.